The minimum atomic E-state index is -0.949. The molecule has 2 rings (SSSR count). The largest absolute Gasteiger partial charge is 0.493 e. The number of hydrogen-bond acceptors (Lipinski definition) is 3. The maximum Gasteiger partial charge on any atom is 0.339 e. The Morgan fingerprint density at radius 2 is 2.00 bits per heavy atom. The highest BCUT2D eigenvalue weighted by molar-refractivity contribution is 5.88. The number of carbonyl (C=O) groups is 1. The highest BCUT2D eigenvalue weighted by Gasteiger charge is 2.15. The topological polar surface area (TPSA) is 64.3 Å². The van der Waals surface area contributed by atoms with Crippen LogP contribution in [0.5, 0.6) is 5.75 Å². The Balaban J connectivity index is 2.24. The van der Waals surface area contributed by atoms with Gasteiger partial charge >= 0.3 is 5.97 Å². The third-order valence-corrected chi connectivity index (χ3v) is 3.10. The molecule has 0 aliphatic carbocycles. The van der Waals surface area contributed by atoms with E-state index in [1.807, 2.05) is 31.2 Å². The number of carboxylic acids is 1. The first-order valence-corrected chi connectivity index (χ1v) is 7.06. The van der Waals surface area contributed by atoms with Crippen LogP contribution in [0.2, 0.25) is 0 Å². The van der Waals surface area contributed by atoms with E-state index in [-0.39, 0.29) is 5.56 Å². The van der Waals surface area contributed by atoms with Crippen LogP contribution in [0, 0.1) is 5.92 Å². The lowest BCUT2D eigenvalue weighted by atomic mass is 10.2. The normalized spacial score (nSPS) is 10.9. The molecule has 0 bridgehead atoms. The summed E-state index contributed by atoms with van der Waals surface area (Å²) in [6, 6.07) is 7.51. The molecule has 5 heteroatoms. The quantitative estimate of drug-likeness (QED) is 0.886. The van der Waals surface area contributed by atoms with E-state index in [4.69, 9.17) is 9.84 Å². The van der Waals surface area contributed by atoms with Crippen LogP contribution >= 0.6 is 0 Å². The molecule has 0 saturated heterocycles. The molecule has 1 N–H and O–H groups in total. The highest BCUT2D eigenvalue weighted by Crippen LogP contribution is 2.19. The van der Waals surface area contributed by atoms with Crippen molar-refractivity contribution >= 4 is 5.97 Å². The van der Waals surface area contributed by atoms with Crippen molar-refractivity contribution < 1.29 is 14.6 Å². The van der Waals surface area contributed by atoms with E-state index in [9.17, 15) is 4.79 Å². The lowest BCUT2D eigenvalue weighted by Gasteiger charge is -2.10. The fourth-order valence-electron chi connectivity index (χ4n) is 2.06. The number of aromatic nitrogens is 2. The number of carboxylic acid groups (broad SMARTS) is 1. The number of ether oxygens (including phenoxy) is 1. The SMILES string of the molecule is CCc1c(C(=O)O)cnn1-c1ccc(OCC(C)C)cc1. The minimum Gasteiger partial charge on any atom is -0.493 e. The Bertz CT molecular complexity index is 615. The molecule has 0 atom stereocenters. The minimum absolute atomic E-state index is 0.248. The first kappa shape index (κ1) is 15.1. The van der Waals surface area contributed by atoms with E-state index in [0.717, 1.165) is 11.4 Å². The average molecular weight is 288 g/mol. The van der Waals surface area contributed by atoms with Gasteiger partial charge in [-0.15, -0.1) is 0 Å². The average Bonchev–Trinajstić information content (AvgIpc) is 2.89. The second-order valence-electron chi connectivity index (χ2n) is 5.27. The van der Waals surface area contributed by atoms with Crippen molar-refractivity contribution in [1.29, 1.82) is 0 Å². The summed E-state index contributed by atoms with van der Waals surface area (Å²) >= 11 is 0. The predicted molar refractivity (Wildman–Crippen MR) is 80.2 cm³/mol. The van der Waals surface area contributed by atoms with Crippen LogP contribution in [-0.4, -0.2) is 27.5 Å². The van der Waals surface area contributed by atoms with E-state index in [0.29, 0.717) is 24.6 Å². The number of nitrogens with zero attached hydrogens (tertiary/aromatic N) is 2. The molecule has 21 heavy (non-hydrogen) atoms. The van der Waals surface area contributed by atoms with Crippen molar-refractivity contribution in [3.8, 4) is 11.4 Å². The Morgan fingerprint density at radius 1 is 1.33 bits per heavy atom. The van der Waals surface area contributed by atoms with Gasteiger partial charge in [-0.05, 0) is 36.6 Å². The molecule has 0 amide bonds. The molecule has 0 fully saturated rings. The fraction of sp³-hybridized carbons (Fsp3) is 0.375. The number of hydrogen-bond donors (Lipinski definition) is 1. The molecule has 1 aromatic heterocycles. The molecule has 0 aliphatic heterocycles. The summed E-state index contributed by atoms with van der Waals surface area (Å²) in [7, 11) is 0. The summed E-state index contributed by atoms with van der Waals surface area (Å²) in [6.45, 7) is 6.78. The van der Waals surface area contributed by atoms with Crippen molar-refractivity contribution in [2.45, 2.75) is 27.2 Å². The van der Waals surface area contributed by atoms with Crippen LogP contribution in [0.15, 0.2) is 30.5 Å². The lowest BCUT2D eigenvalue weighted by Crippen LogP contribution is -2.06. The van der Waals surface area contributed by atoms with Gasteiger partial charge in [-0.1, -0.05) is 20.8 Å². The summed E-state index contributed by atoms with van der Waals surface area (Å²) in [5, 5.41) is 13.3. The Kier molecular flexibility index (Phi) is 4.62. The molecule has 0 radical (unpaired) electrons. The summed E-state index contributed by atoms with van der Waals surface area (Å²) < 4.78 is 7.30. The van der Waals surface area contributed by atoms with E-state index in [1.54, 1.807) is 4.68 Å². The van der Waals surface area contributed by atoms with Crippen LogP contribution in [0.25, 0.3) is 5.69 Å². The third-order valence-electron chi connectivity index (χ3n) is 3.10. The molecule has 0 unspecified atom stereocenters. The van der Waals surface area contributed by atoms with Gasteiger partial charge in [-0.2, -0.15) is 5.10 Å². The first-order valence-electron chi connectivity index (χ1n) is 7.06. The van der Waals surface area contributed by atoms with E-state index in [2.05, 4.69) is 18.9 Å². The zero-order chi connectivity index (χ0) is 15.4. The Labute approximate surface area is 124 Å². The second-order valence-corrected chi connectivity index (χ2v) is 5.27. The van der Waals surface area contributed by atoms with Crippen molar-refractivity contribution in [3.05, 3.63) is 41.7 Å². The van der Waals surface area contributed by atoms with Crippen LogP contribution in [-0.2, 0) is 6.42 Å². The van der Waals surface area contributed by atoms with Crippen molar-refractivity contribution in [3.63, 3.8) is 0 Å². The van der Waals surface area contributed by atoms with Gasteiger partial charge in [0.1, 0.15) is 11.3 Å². The zero-order valence-corrected chi connectivity index (χ0v) is 12.5. The third kappa shape index (κ3) is 3.42. The van der Waals surface area contributed by atoms with Gasteiger partial charge in [-0.25, -0.2) is 9.48 Å². The molecule has 1 aromatic carbocycles. The van der Waals surface area contributed by atoms with E-state index < -0.39 is 5.97 Å². The van der Waals surface area contributed by atoms with Crippen LogP contribution in [0.4, 0.5) is 0 Å². The summed E-state index contributed by atoms with van der Waals surface area (Å²) in [5.74, 6) is 0.326. The molecule has 0 aliphatic rings. The fourth-order valence-corrected chi connectivity index (χ4v) is 2.06. The molecule has 112 valence electrons. The Hall–Kier alpha value is -2.30. The zero-order valence-electron chi connectivity index (χ0n) is 12.5. The van der Waals surface area contributed by atoms with Gasteiger partial charge in [0.2, 0.25) is 0 Å². The van der Waals surface area contributed by atoms with Gasteiger partial charge in [0.15, 0.2) is 0 Å². The molecule has 5 nitrogen and oxygen atoms in total. The molecular formula is C16H20N2O3. The predicted octanol–water partition coefficient (Wildman–Crippen LogP) is 3.17. The first-order chi connectivity index (χ1) is 10.0. The van der Waals surface area contributed by atoms with E-state index in [1.165, 1.54) is 6.20 Å². The molecule has 1 heterocycles. The van der Waals surface area contributed by atoms with Crippen molar-refractivity contribution in [1.82, 2.24) is 9.78 Å². The lowest BCUT2D eigenvalue weighted by molar-refractivity contribution is 0.0695. The smallest absolute Gasteiger partial charge is 0.339 e. The van der Waals surface area contributed by atoms with Gasteiger partial charge in [-0.3, -0.25) is 0 Å². The van der Waals surface area contributed by atoms with Gasteiger partial charge in [0.25, 0.3) is 0 Å². The molecular weight excluding hydrogens is 268 g/mol. The molecule has 2 aromatic rings. The van der Waals surface area contributed by atoms with Crippen LogP contribution in [0.1, 0.15) is 36.8 Å². The highest BCUT2D eigenvalue weighted by atomic mass is 16.5. The van der Waals surface area contributed by atoms with Gasteiger partial charge < -0.3 is 9.84 Å². The van der Waals surface area contributed by atoms with E-state index >= 15 is 0 Å². The van der Waals surface area contributed by atoms with Gasteiger partial charge in [0, 0.05) is 0 Å². The number of rotatable bonds is 6. The maximum atomic E-state index is 11.2. The Morgan fingerprint density at radius 3 is 2.52 bits per heavy atom. The number of benzene rings is 1. The van der Waals surface area contributed by atoms with Crippen LogP contribution in [0.3, 0.4) is 0 Å². The standard InChI is InChI=1S/C16H20N2O3/c1-4-15-14(16(19)20)9-17-18(15)12-5-7-13(8-6-12)21-10-11(2)3/h5-9,11H,4,10H2,1-3H3,(H,19,20). The molecule has 0 saturated carbocycles. The summed E-state index contributed by atoms with van der Waals surface area (Å²) in [6.07, 6.45) is 2.00. The van der Waals surface area contributed by atoms with Crippen molar-refractivity contribution in [2.24, 2.45) is 5.92 Å². The monoisotopic (exact) mass is 288 g/mol. The maximum absolute atomic E-state index is 11.2. The molecule has 0 spiro atoms. The summed E-state index contributed by atoms with van der Waals surface area (Å²) in [4.78, 5) is 11.2. The second kappa shape index (κ2) is 6.43. The van der Waals surface area contributed by atoms with Crippen LogP contribution < -0.4 is 4.74 Å². The van der Waals surface area contributed by atoms with Crippen molar-refractivity contribution in [2.75, 3.05) is 6.61 Å². The number of aromatic carboxylic acids is 1. The summed E-state index contributed by atoms with van der Waals surface area (Å²) in [5.41, 5.74) is 1.77. The van der Waals surface area contributed by atoms with Gasteiger partial charge in [0.05, 0.1) is 24.2 Å².